The number of aromatic nitrogens is 7. The van der Waals surface area contributed by atoms with E-state index in [9.17, 15) is 4.79 Å². The average molecular weight is 405 g/mol. The molecule has 0 aliphatic rings. The van der Waals surface area contributed by atoms with E-state index in [-0.39, 0.29) is 5.56 Å². The fraction of sp³-hybridized carbons (Fsp3) is 0.105. The molecule has 0 fully saturated rings. The van der Waals surface area contributed by atoms with Gasteiger partial charge in [0, 0.05) is 6.54 Å². The van der Waals surface area contributed by atoms with E-state index in [0.29, 0.717) is 39.5 Å². The van der Waals surface area contributed by atoms with Crippen molar-refractivity contribution < 1.29 is 4.42 Å². The van der Waals surface area contributed by atoms with Gasteiger partial charge in [-0.15, -0.1) is 10.2 Å². The van der Waals surface area contributed by atoms with Crippen LogP contribution in [0.1, 0.15) is 6.92 Å². The lowest BCUT2D eigenvalue weighted by atomic mass is 10.3. The molecular formula is C19H15N7O2S. The third-order valence-electron chi connectivity index (χ3n) is 4.38. The van der Waals surface area contributed by atoms with Crippen molar-refractivity contribution in [3.05, 3.63) is 65.3 Å². The van der Waals surface area contributed by atoms with Gasteiger partial charge in [-0.1, -0.05) is 18.2 Å². The van der Waals surface area contributed by atoms with Crippen LogP contribution in [0.3, 0.4) is 0 Å². The number of nitrogens with zero attached hydrogens (tertiary/aromatic N) is 6. The molecule has 144 valence electrons. The van der Waals surface area contributed by atoms with Gasteiger partial charge in [-0.2, -0.15) is 5.10 Å². The molecule has 0 saturated heterocycles. The first kappa shape index (κ1) is 17.4. The lowest BCUT2D eigenvalue weighted by Gasteiger charge is -2.06. The summed E-state index contributed by atoms with van der Waals surface area (Å²) in [7, 11) is 0. The molecule has 5 aromatic rings. The van der Waals surface area contributed by atoms with E-state index in [1.54, 1.807) is 17.0 Å². The summed E-state index contributed by atoms with van der Waals surface area (Å²) in [6.07, 6.45) is 3.11. The quantitative estimate of drug-likeness (QED) is 0.448. The Labute approximate surface area is 168 Å². The van der Waals surface area contributed by atoms with E-state index in [2.05, 4.69) is 25.3 Å². The van der Waals surface area contributed by atoms with Gasteiger partial charge in [-0.25, -0.2) is 9.67 Å². The average Bonchev–Trinajstić information content (AvgIpc) is 3.48. The molecule has 29 heavy (non-hydrogen) atoms. The first-order chi connectivity index (χ1) is 14.2. The van der Waals surface area contributed by atoms with Crippen LogP contribution in [0, 0.1) is 0 Å². The van der Waals surface area contributed by atoms with Gasteiger partial charge < -0.3 is 9.40 Å². The van der Waals surface area contributed by atoms with E-state index >= 15 is 0 Å². The Kier molecular flexibility index (Phi) is 4.24. The van der Waals surface area contributed by atoms with Crippen LogP contribution in [0.4, 0.5) is 0 Å². The maximum atomic E-state index is 12.6. The molecule has 0 unspecified atom stereocenters. The van der Waals surface area contributed by atoms with Crippen molar-refractivity contribution in [1.82, 2.24) is 34.5 Å². The molecule has 0 amide bonds. The number of rotatable bonds is 5. The number of hydrogen-bond acceptors (Lipinski definition) is 7. The Morgan fingerprint density at radius 2 is 2.00 bits per heavy atom. The second-order valence-electron chi connectivity index (χ2n) is 6.13. The lowest BCUT2D eigenvalue weighted by Crippen LogP contribution is -2.10. The van der Waals surface area contributed by atoms with Crippen LogP contribution in [-0.4, -0.2) is 34.5 Å². The summed E-state index contributed by atoms with van der Waals surface area (Å²) in [5, 5.41) is 14.2. The number of para-hydroxylation sites is 1. The van der Waals surface area contributed by atoms with Crippen molar-refractivity contribution in [3.8, 4) is 17.3 Å². The lowest BCUT2D eigenvalue weighted by molar-refractivity contribution is 0.567. The minimum absolute atomic E-state index is 0.256. The zero-order valence-electron chi connectivity index (χ0n) is 15.3. The zero-order valence-corrected chi connectivity index (χ0v) is 16.1. The molecule has 0 saturated carbocycles. The molecule has 4 heterocycles. The van der Waals surface area contributed by atoms with E-state index in [4.69, 9.17) is 4.42 Å². The molecule has 10 heteroatoms. The summed E-state index contributed by atoms with van der Waals surface area (Å²) in [5.74, 6) is 1.25. The van der Waals surface area contributed by atoms with Crippen molar-refractivity contribution in [2.45, 2.75) is 23.8 Å². The van der Waals surface area contributed by atoms with E-state index in [1.165, 1.54) is 18.0 Å². The SMILES string of the molecule is CCn1c(Sc2nc3c(cnn3-c3ccccc3)c(=O)[nH]2)nnc1-c1ccco1. The van der Waals surface area contributed by atoms with Gasteiger partial charge in [-0.3, -0.25) is 9.36 Å². The maximum Gasteiger partial charge on any atom is 0.262 e. The van der Waals surface area contributed by atoms with Crippen LogP contribution in [0.5, 0.6) is 0 Å². The molecule has 1 aromatic carbocycles. The molecule has 4 aromatic heterocycles. The Balaban J connectivity index is 1.58. The first-order valence-electron chi connectivity index (χ1n) is 8.93. The third-order valence-corrected chi connectivity index (χ3v) is 5.25. The summed E-state index contributed by atoms with van der Waals surface area (Å²) in [4.78, 5) is 20.0. The summed E-state index contributed by atoms with van der Waals surface area (Å²) in [5.41, 5.74) is 1.05. The molecule has 0 radical (unpaired) electrons. The Bertz CT molecular complexity index is 1340. The predicted octanol–water partition coefficient (Wildman–Crippen LogP) is 3.13. The van der Waals surface area contributed by atoms with E-state index in [1.807, 2.05) is 47.9 Å². The van der Waals surface area contributed by atoms with Gasteiger partial charge in [0.2, 0.25) is 0 Å². The minimum Gasteiger partial charge on any atom is -0.461 e. The second-order valence-corrected chi connectivity index (χ2v) is 7.09. The van der Waals surface area contributed by atoms with E-state index < -0.39 is 0 Å². The molecule has 0 aliphatic heterocycles. The summed E-state index contributed by atoms with van der Waals surface area (Å²) >= 11 is 1.23. The Morgan fingerprint density at radius 3 is 2.76 bits per heavy atom. The number of H-pyrrole nitrogens is 1. The maximum absolute atomic E-state index is 12.6. The topological polar surface area (TPSA) is 107 Å². The van der Waals surface area contributed by atoms with Crippen LogP contribution >= 0.6 is 11.8 Å². The highest BCUT2D eigenvalue weighted by Crippen LogP contribution is 2.28. The standard InChI is InChI=1S/C19H15N7O2S/c1-2-25-16(14-9-6-10-28-14)23-24-19(25)29-18-21-15-13(17(27)22-18)11-20-26(15)12-7-4-3-5-8-12/h3-11H,2H2,1H3,(H,21,22,27). The Morgan fingerprint density at radius 1 is 1.14 bits per heavy atom. The van der Waals surface area contributed by atoms with Crippen LogP contribution in [0.15, 0.2) is 74.4 Å². The van der Waals surface area contributed by atoms with Crippen molar-refractivity contribution in [3.63, 3.8) is 0 Å². The van der Waals surface area contributed by atoms with Gasteiger partial charge in [-0.05, 0) is 43.0 Å². The second kappa shape index (κ2) is 7.06. The number of benzene rings is 1. The highest BCUT2D eigenvalue weighted by atomic mass is 32.2. The predicted molar refractivity (Wildman–Crippen MR) is 107 cm³/mol. The van der Waals surface area contributed by atoms with Crippen LogP contribution in [0.25, 0.3) is 28.3 Å². The molecular weight excluding hydrogens is 390 g/mol. The number of aromatic amines is 1. The monoisotopic (exact) mass is 405 g/mol. The highest BCUT2D eigenvalue weighted by Gasteiger charge is 2.18. The normalized spacial score (nSPS) is 11.3. The van der Waals surface area contributed by atoms with Crippen LogP contribution in [-0.2, 0) is 6.54 Å². The van der Waals surface area contributed by atoms with Gasteiger partial charge in [0.1, 0.15) is 5.39 Å². The van der Waals surface area contributed by atoms with Gasteiger partial charge in [0.05, 0.1) is 18.1 Å². The van der Waals surface area contributed by atoms with Gasteiger partial charge >= 0.3 is 0 Å². The Hall–Kier alpha value is -3.66. The third kappa shape index (κ3) is 3.03. The van der Waals surface area contributed by atoms with Crippen molar-refractivity contribution in [2.75, 3.05) is 0 Å². The fourth-order valence-electron chi connectivity index (χ4n) is 3.03. The molecule has 0 spiro atoms. The zero-order chi connectivity index (χ0) is 19.8. The summed E-state index contributed by atoms with van der Waals surface area (Å²) in [6, 6.07) is 13.2. The van der Waals surface area contributed by atoms with Crippen molar-refractivity contribution in [2.24, 2.45) is 0 Å². The number of fused-ring (bicyclic) bond motifs is 1. The summed E-state index contributed by atoms with van der Waals surface area (Å²) < 4.78 is 8.99. The molecule has 9 nitrogen and oxygen atoms in total. The van der Waals surface area contributed by atoms with Crippen molar-refractivity contribution in [1.29, 1.82) is 0 Å². The fourth-order valence-corrected chi connectivity index (χ4v) is 3.88. The largest absolute Gasteiger partial charge is 0.461 e. The van der Waals surface area contributed by atoms with Crippen LogP contribution in [0.2, 0.25) is 0 Å². The summed E-state index contributed by atoms with van der Waals surface area (Å²) in [6.45, 7) is 2.63. The molecule has 5 rings (SSSR count). The minimum atomic E-state index is -0.256. The smallest absolute Gasteiger partial charge is 0.262 e. The van der Waals surface area contributed by atoms with Crippen LogP contribution < -0.4 is 5.56 Å². The number of nitrogens with one attached hydrogen (secondary N) is 1. The highest BCUT2D eigenvalue weighted by molar-refractivity contribution is 7.99. The molecule has 1 N–H and O–H groups in total. The molecule has 0 bridgehead atoms. The van der Waals surface area contributed by atoms with Gasteiger partial charge in [0.15, 0.2) is 27.5 Å². The molecule has 0 atom stereocenters. The first-order valence-corrected chi connectivity index (χ1v) is 9.74. The number of furan rings is 1. The van der Waals surface area contributed by atoms with Crippen molar-refractivity contribution >= 4 is 22.8 Å². The van der Waals surface area contributed by atoms with E-state index in [0.717, 1.165) is 5.69 Å². The number of hydrogen-bond donors (Lipinski definition) is 1. The molecule has 0 aliphatic carbocycles. The van der Waals surface area contributed by atoms with Gasteiger partial charge in [0.25, 0.3) is 5.56 Å².